The number of ether oxygens (including phenoxy) is 1. The van der Waals surface area contributed by atoms with E-state index in [1.165, 1.54) is 51.0 Å². The molecule has 0 rings (SSSR count). The Balaban J connectivity index is 3.24. The highest BCUT2D eigenvalue weighted by Gasteiger charge is 2.04. The van der Waals surface area contributed by atoms with Crippen LogP contribution in [0, 0.1) is 5.92 Å². The van der Waals surface area contributed by atoms with Gasteiger partial charge in [0.2, 0.25) is 0 Å². The number of hydrogen-bond acceptors (Lipinski definition) is 2. The van der Waals surface area contributed by atoms with Crippen LogP contribution in [0.5, 0.6) is 0 Å². The Kier molecular flexibility index (Phi) is 11.1. The van der Waals surface area contributed by atoms with E-state index in [9.17, 15) is 4.79 Å². The Hall–Kier alpha value is -0.790. The van der Waals surface area contributed by atoms with E-state index in [4.69, 9.17) is 4.74 Å². The first-order chi connectivity index (χ1) is 8.20. The van der Waals surface area contributed by atoms with Crippen molar-refractivity contribution >= 4 is 5.97 Å². The average Bonchev–Trinajstić information content (AvgIpc) is 2.34. The fourth-order valence-electron chi connectivity index (χ4n) is 1.82. The van der Waals surface area contributed by atoms with Gasteiger partial charge in [-0.05, 0) is 12.3 Å². The molecule has 0 aromatic heterocycles. The summed E-state index contributed by atoms with van der Waals surface area (Å²) in [5.41, 5.74) is 0. The predicted octanol–water partition coefficient (Wildman–Crippen LogP) is 4.49. The molecule has 0 saturated carbocycles. The first-order valence-corrected chi connectivity index (χ1v) is 6.99. The first-order valence-electron chi connectivity index (χ1n) is 6.99. The summed E-state index contributed by atoms with van der Waals surface area (Å²) < 4.78 is 5.01. The third-order valence-corrected chi connectivity index (χ3v) is 2.98. The van der Waals surface area contributed by atoms with Gasteiger partial charge in [0, 0.05) is 6.08 Å². The molecule has 0 fully saturated rings. The summed E-state index contributed by atoms with van der Waals surface area (Å²) in [6, 6.07) is 0. The van der Waals surface area contributed by atoms with Crippen LogP contribution in [0.4, 0.5) is 0 Å². The topological polar surface area (TPSA) is 26.3 Å². The van der Waals surface area contributed by atoms with Gasteiger partial charge in [-0.2, -0.15) is 0 Å². The van der Waals surface area contributed by atoms with Gasteiger partial charge in [-0.25, -0.2) is 4.79 Å². The molecule has 0 aliphatic rings. The summed E-state index contributed by atoms with van der Waals surface area (Å²) in [6.45, 7) is 8.28. The lowest BCUT2D eigenvalue weighted by Crippen LogP contribution is -2.09. The number of unbranched alkanes of at least 4 members (excludes halogenated alkanes) is 6. The van der Waals surface area contributed by atoms with Crippen LogP contribution < -0.4 is 0 Å². The normalized spacial score (nSPS) is 12.1. The minimum absolute atomic E-state index is 0.309. The van der Waals surface area contributed by atoms with E-state index >= 15 is 0 Å². The van der Waals surface area contributed by atoms with Gasteiger partial charge in [-0.3, -0.25) is 0 Å². The highest BCUT2D eigenvalue weighted by atomic mass is 16.5. The molecular formula is C15H28O2. The van der Waals surface area contributed by atoms with Crippen LogP contribution in [-0.4, -0.2) is 12.6 Å². The molecule has 0 saturated heterocycles. The van der Waals surface area contributed by atoms with Crippen LogP contribution in [0.15, 0.2) is 12.7 Å². The average molecular weight is 240 g/mol. The second-order valence-electron chi connectivity index (χ2n) is 4.85. The predicted molar refractivity (Wildman–Crippen MR) is 72.9 cm³/mol. The van der Waals surface area contributed by atoms with Gasteiger partial charge in [0.25, 0.3) is 0 Å². The van der Waals surface area contributed by atoms with E-state index in [0.717, 1.165) is 6.42 Å². The maximum Gasteiger partial charge on any atom is 0.330 e. The molecule has 0 N–H and O–H groups in total. The Labute approximate surface area is 106 Å². The SMILES string of the molecule is C=CC(=O)OC[C@@H](C)CCCCCCCCC. The summed E-state index contributed by atoms with van der Waals surface area (Å²) in [5, 5.41) is 0. The molecule has 0 heterocycles. The zero-order chi connectivity index (χ0) is 12.9. The van der Waals surface area contributed by atoms with Crippen LogP contribution in [-0.2, 0) is 9.53 Å². The monoisotopic (exact) mass is 240 g/mol. The van der Waals surface area contributed by atoms with Gasteiger partial charge in [0.05, 0.1) is 6.61 Å². The van der Waals surface area contributed by atoms with Crippen LogP contribution in [0.1, 0.15) is 65.2 Å². The zero-order valence-electron chi connectivity index (χ0n) is 11.5. The summed E-state index contributed by atoms with van der Waals surface area (Å²) in [6.07, 6.45) is 11.7. The van der Waals surface area contributed by atoms with Crippen molar-refractivity contribution < 1.29 is 9.53 Å². The van der Waals surface area contributed by atoms with Gasteiger partial charge in [-0.1, -0.05) is 65.4 Å². The second-order valence-corrected chi connectivity index (χ2v) is 4.85. The highest BCUT2D eigenvalue weighted by molar-refractivity contribution is 5.81. The van der Waals surface area contributed by atoms with Crippen molar-refractivity contribution in [2.75, 3.05) is 6.61 Å². The summed E-state index contributed by atoms with van der Waals surface area (Å²) in [7, 11) is 0. The van der Waals surface area contributed by atoms with Crippen molar-refractivity contribution in [2.24, 2.45) is 5.92 Å². The van der Waals surface area contributed by atoms with E-state index in [1.807, 2.05) is 0 Å². The van der Waals surface area contributed by atoms with Crippen molar-refractivity contribution in [2.45, 2.75) is 65.2 Å². The van der Waals surface area contributed by atoms with Gasteiger partial charge in [0.15, 0.2) is 0 Å². The second kappa shape index (κ2) is 11.7. The van der Waals surface area contributed by atoms with E-state index in [0.29, 0.717) is 12.5 Å². The molecule has 0 spiro atoms. The maximum atomic E-state index is 10.9. The van der Waals surface area contributed by atoms with E-state index in [1.54, 1.807) is 0 Å². The van der Waals surface area contributed by atoms with Crippen molar-refractivity contribution in [3.8, 4) is 0 Å². The van der Waals surface area contributed by atoms with E-state index in [-0.39, 0.29) is 5.97 Å². The summed E-state index contributed by atoms with van der Waals surface area (Å²) in [5.74, 6) is 0.158. The fraction of sp³-hybridized carbons (Fsp3) is 0.800. The molecule has 0 aliphatic carbocycles. The van der Waals surface area contributed by atoms with Crippen LogP contribution in [0.2, 0.25) is 0 Å². The first kappa shape index (κ1) is 16.2. The Morgan fingerprint density at radius 1 is 1.18 bits per heavy atom. The molecule has 0 aromatic carbocycles. The lowest BCUT2D eigenvalue weighted by Gasteiger charge is -2.10. The number of carbonyl (C=O) groups excluding carboxylic acids is 1. The largest absolute Gasteiger partial charge is 0.462 e. The van der Waals surface area contributed by atoms with E-state index in [2.05, 4.69) is 20.4 Å². The lowest BCUT2D eigenvalue weighted by molar-refractivity contribution is -0.139. The molecule has 0 amide bonds. The minimum atomic E-state index is -0.309. The number of carbonyl (C=O) groups is 1. The van der Waals surface area contributed by atoms with Crippen LogP contribution in [0.3, 0.4) is 0 Å². The molecule has 2 heteroatoms. The Morgan fingerprint density at radius 2 is 1.76 bits per heavy atom. The maximum absolute atomic E-state index is 10.9. The molecule has 1 atom stereocenters. The smallest absolute Gasteiger partial charge is 0.330 e. The fourth-order valence-corrected chi connectivity index (χ4v) is 1.82. The van der Waals surface area contributed by atoms with Crippen molar-refractivity contribution in [1.29, 1.82) is 0 Å². The molecule has 0 bridgehead atoms. The van der Waals surface area contributed by atoms with Gasteiger partial charge in [-0.15, -0.1) is 0 Å². The van der Waals surface area contributed by atoms with Gasteiger partial charge in [0.1, 0.15) is 0 Å². The third kappa shape index (κ3) is 11.5. The molecule has 2 nitrogen and oxygen atoms in total. The summed E-state index contributed by atoms with van der Waals surface area (Å²) in [4.78, 5) is 10.9. The molecule has 0 aliphatic heterocycles. The molecule has 0 unspecified atom stereocenters. The van der Waals surface area contributed by atoms with Crippen molar-refractivity contribution in [3.05, 3.63) is 12.7 Å². The molecule has 17 heavy (non-hydrogen) atoms. The minimum Gasteiger partial charge on any atom is -0.462 e. The van der Waals surface area contributed by atoms with Crippen LogP contribution in [0.25, 0.3) is 0 Å². The highest BCUT2D eigenvalue weighted by Crippen LogP contribution is 2.12. The Bertz CT molecular complexity index is 199. The lowest BCUT2D eigenvalue weighted by atomic mass is 10.0. The zero-order valence-corrected chi connectivity index (χ0v) is 11.5. The van der Waals surface area contributed by atoms with E-state index < -0.39 is 0 Å². The standard InChI is InChI=1S/C15H28O2/c1-4-6-7-8-9-10-11-12-14(3)13-17-15(16)5-2/h5,14H,2,4,6-13H2,1,3H3/t14-/m0/s1. The third-order valence-electron chi connectivity index (χ3n) is 2.98. The number of rotatable bonds is 11. The molecule has 0 aromatic rings. The van der Waals surface area contributed by atoms with Gasteiger partial charge < -0.3 is 4.74 Å². The van der Waals surface area contributed by atoms with Crippen LogP contribution >= 0.6 is 0 Å². The molecular weight excluding hydrogens is 212 g/mol. The summed E-state index contributed by atoms with van der Waals surface area (Å²) >= 11 is 0. The quantitative estimate of drug-likeness (QED) is 0.302. The molecule has 0 radical (unpaired) electrons. The van der Waals surface area contributed by atoms with Crippen molar-refractivity contribution in [3.63, 3.8) is 0 Å². The van der Waals surface area contributed by atoms with Gasteiger partial charge >= 0.3 is 5.97 Å². The molecule has 100 valence electrons. The Morgan fingerprint density at radius 3 is 2.35 bits per heavy atom. The number of hydrogen-bond donors (Lipinski definition) is 0. The number of esters is 1. The van der Waals surface area contributed by atoms with Crippen molar-refractivity contribution in [1.82, 2.24) is 0 Å².